The van der Waals surface area contributed by atoms with Gasteiger partial charge in [-0.05, 0) is 60.7 Å². The van der Waals surface area contributed by atoms with Gasteiger partial charge in [0.2, 0.25) is 0 Å². The number of aromatic nitrogens is 2. The normalized spacial score (nSPS) is 11.4. The van der Waals surface area contributed by atoms with E-state index < -0.39 is 0 Å². The average molecular weight is 376 g/mol. The van der Waals surface area contributed by atoms with E-state index in [1.165, 1.54) is 0 Å². The zero-order valence-corrected chi connectivity index (χ0v) is 15.0. The summed E-state index contributed by atoms with van der Waals surface area (Å²) in [6.07, 6.45) is 0. The lowest BCUT2D eigenvalue weighted by molar-refractivity contribution is 0.475. The van der Waals surface area contributed by atoms with Crippen LogP contribution in [0.25, 0.3) is 41.6 Å². The Hall–Kier alpha value is -2.96. The van der Waals surface area contributed by atoms with Crippen molar-refractivity contribution >= 4 is 43.1 Å². The molecular weight excluding hydrogens is 364 g/mol. The minimum atomic E-state index is 0.251. The molecule has 4 nitrogen and oxygen atoms in total. The van der Waals surface area contributed by atoms with E-state index in [9.17, 15) is 10.2 Å². The van der Waals surface area contributed by atoms with Gasteiger partial charge >= 0.3 is 0 Å². The molecule has 0 bridgehead atoms. The van der Waals surface area contributed by atoms with Gasteiger partial charge < -0.3 is 10.2 Å². The van der Waals surface area contributed by atoms with Gasteiger partial charge in [-0.3, -0.25) is 0 Å². The molecule has 3 aromatic carbocycles. The molecule has 0 fully saturated rings. The van der Waals surface area contributed by atoms with E-state index in [1.54, 1.807) is 46.9 Å². The van der Waals surface area contributed by atoms with Crippen molar-refractivity contribution in [3.8, 4) is 32.6 Å². The molecular formula is C20H12N2O2S2. The maximum absolute atomic E-state index is 9.44. The van der Waals surface area contributed by atoms with Crippen LogP contribution in [-0.4, -0.2) is 20.2 Å². The van der Waals surface area contributed by atoms with E-state index in [0.717, 1.165) is 41.6 Å². The smallest absolute Gasteiger partial charge is 0.124 e. The average Bonchev–Trinajstić information content (AvgIpc) is 3.23. The van der Waals surface area contributed by atoms with E-state index in [1.807, 2.05) is 30.3 Å². The molecule has 0 atom stereocenters. The van der Waals surface area contributed by atoms with E-state index in [0.29, 0.717) is 0 Å². The molecule has 0 aliphatic heterocycles. The predicted molar refractivity (Wildman–Crippen MR) is 107 cm³/mol. The lowest BCUT2D eigenvalue weighted by atomic mass is 10.2. The predicted octanol–water partition coefficient (Wildman–Crippen LogP) is 5.65. The van der Waals surface area contributed by atoms with Crippen molar-refractivity contribution in [3.63, 3.8) is 0 Å². The van der Waals surface area contributed by atoms with Crippen LogP contribution < -0.4 is 0 Å². The molecule has 0 unspecified atom stereocenters. The van der Waals surface area contributed by atoms with E-state index in [4.69, 9.17) is 9.97 Å². The van der Waals surface area contributed by atoms with Gasteiger partial charge in [0.25, 0.3) is 0 Å². The molecule has 5 rings (SSSR count). The Kier molecular flexibility index (Phi) is 3.41. The summed E-state index contributed by atoms with van der Waals surface area (Å²) in [5, 5.41) is 20.7. The maximum atomic E-state index is 9.44. The number of aromatic hydroxyl groups is 2. The molecule has 0 saturated carbocycles. The summed E-state index contributed by atoms with van der Waals surface area (Å²) in [6, 6.07) is 18.3. The lowest BCUT2D eigenvalue weighted by Gasteiger charge is -1.95. The molecule has 126 valence electrons. The number of nitrogens with zero attached hydrogens (tertiary/aromatic N) is 2. The Labute approximate surface area is 156 Å². The first-order valence-electron chi connectivity index (χ1n) is 7.96. The second-order valence-corrected chi connectivity index (χ2v) is 7.98. The van der Waals surface area contributed by atoms with Crippen LogP contribution in [0.5, 0.6) is 11.5 Å². The number of phenolic OH excluding ortho intramolecular Hbond substituents is 2. The second-order valence-electron chi connectivity index (χ2n) is 5.92. The number of hydrogen-bond donors (Lipinski definition) is 2. The van der Waals surface area contributed by atoms with Crippen molar-refractivity contribution in [1.29, 1.82) is 0 Å². The zero-order valence-electron chi connectivity index (χ0n) is 13.4. The Morgan fingerprint density at radius 3 is 1.42 bits per heavy atom. The van der Waals surface area contributed by atoms with Crippen molar-refractivity contribution in [3.05, 3.63) is 60.7 Å². The fraction of sp³-hybridized carbons (Fsp3) is 0. The fourth-order valence-electron chi connectivity index (χ4n) is 2.80. The third kappa shape index (κ3) is 2.60. The van der Waals surface area contributed by atoms with Crippen LogP contribution in [0.1, 0.15) is 0 Å². The number of fused-ring (bicyclic) bond motifs is 2. The van der Waals surface area contributed by atoms with Crippen molar-refractivity contribution < 1.29 is 10.2 Å². The monoisotopic (exact) mass is 376 g/mol. The molecule has 2 aromatic heterocycles. The standard InChI is InChI=1S/C20H12N2O2S2/c23-13-5-1-11(2-6-13)19-21-15-9-16-18(10-17(15)25-19)26-20(22-16)12-3-7-14(24)8-4-12/h1-10,23-24H. The van der Waals surface area contributed by atoms with Crippen LogP contribution >= 0.6 is 22.7 Å². The minimum absolute atomic E-state index is 0.251. The maximum Gasteiger partial charge on any atom is 0.124 e. The van der Waals surface area contributed by atoms with Crippen LogP contribution in [0.3, 0.4) is 0 Å². The third-order valence-corrected chi connectivity index (χ3v) is 6.26. The molecule has 0 saturated heterocycles. The summed E-state index contributed by atoms with van der Waals surface area (Å²) in [4.78, 5) is 9.45. The topological polar surface area (TPSA) is 66.2 Å². The Morgan fingerprint density at radius 2 is 1.00 bits per heavy atom. The summed E-state index contributed by atoms with van der Waals surface area (Å²) in [5.74, 6) is 0.502. The largest absolute Gasteiger partial charge is 0.508 e. The fourth-order valence-corrected chi connectivity index (χ4v) is 4.86. The van der Waals surface area contributed by atoms with E-state index in [-0.39, 0.29) is 11.5 Å². The SMILES string of the molecule is Oc1ccc(-c2nc3cc4nc(-c5ccc(O)cc5)sc4cc3s2)cc1. The van der Waals surface area contributed by atoms with Gasteiger partial charge in [-0.15, -0.1) is 22.7 Å². The second kappa shape index (κ2) is 5.79. The van der Waals surface area contributed by atoms with Crippen molar-refractivity contribution in [1.82, 2.24) is 9.97 Å². The Bertz CT molecular complexity index is 1090. The number of thiazole rings is 2. The quantitative estimate of drug-likeness (QED) is 0.418. The van der Waals surface area contributed by atoms with Gasteiger partial charge in [0, 0.05) is 11.1 Å². The molecule has 0 spiro atoms. The van der Waals surface area contributed by atoms with Gasteiger partial charge in [0.05, 0.1) is 20.4 Å². The summed E-state index contributed by atoms with van der Waals surface area (Å²) in [7, 11) is 0. The number of hydrogen-bond acceptors (Lipinski definition) is 6. The summed E-state index contributed by atoms with van der Waals surface area (Å²) >= 11 is 3.26. The minimum Gasteiger partial charge on any atom is -0.508 e. The first-order chi connectivity index (χ1) is 12.7. The van der Waals surface area contributed by atoms with Gasteiger partial charge in [-0.25, -0.2) is 9.97 Å². The summed E-state index contributed by atoms with van der Waals surface area (Å²) in [6.45, 7) is 0. The van der Waals surface area contributed by atoms with Crippen molar-refractivity contribution in [2.24, 2.45) is 0 Å². The lowest BCUT2D eigenvalue weighted by Crippen LogP contribution is -1.76. The summed E-state index contributed by atoms with van der Waals surface area (Å²) in [5.41, 5.74) is 3.83. The van der Waals surface area contributed by atoms with E-state index >= 15 is 0 Å². The number of phenols is 2. The first kappa shape index (κ1) is 15.3. The molecule has 2 N–H and O–H groups in total. The number of rotatable bonds is 2. The molecule has 0 aliphatic carbocycles. The Balaban J connectivity index is 1.60. The van der Waals surface area contributed by atoms with Crippen LogP contribution in [0.4, 0.5) is 0 Å². The number of benzene rings is 3. The van der Waals surface area contributed by atoms with Gasteiger partial charge in [0.15, 0.2) is 0 Å². The van der Waals surface area contributed by atoms with Gasteiger partial charge in [-0.2, -0.15) is 0 Å². The third-order valence-electron chi connectivity index (χ3n) is 4.13. The van der Waals surface area contributed by atoms with Gasteiger partial charge in [-0.1, -0.05) is 0 Å². The van der Waals surface area contributed by atoms with Crippen molar-refractivity contribution in [2.75, 3.05) is 0 Å². The highest BCUT2D eigenvalue weighted by Gasteiger charge is 2.12. The molecule has 0 amide bonds. The van der Waals surface area contributed by atoms with Crippen LogP contribution in [0, 0.1) is 0 Å². The zero-order chi connectivity index (χ0) is 17.7. The molecule has 6 heteroatoms. The van der Waals surface area contributed by atoms with Crippen LogP contribution in [0.2, 0.25) is 0 Å². The molecule has 0 aliphatic rings. The van der Waals surface area contributed by atoms with Crippen LogP contribution in [-0.2, 0) is 0 Å². The van der Waals surface area contributed by atoms with Gasteiger partial charge in [0.1, 0.15) is 21.5 Å². The highest BCUT2D eigenvalue weighted by Crippen LogP contribution is 2.37. The first-order valence-corrected chi connectivity index (χ1v) is 9.59. The van der Waals surface area contributed by atoms with Crippen LogP contribution in [0.15, 0.2) is 60.7 Å². The molecule has 2 heterocycles. The Morgan fingerprint density at radius 1 is 0.577 bits per heavy atom. The van der Waals surface area contributed by atoms with Crippen molar-refractivity contribution in [2.45, 2.75) is 0 Å². The molecule has 0 radical (unpaired) electrons. The highest BCUT2D eigenvalue weighted by molar-refractivity contribution is 7.23. The highest BCUT2D eigenvalue weighted by atomic mass is 32.1. The molecule has 5 aromatic rings. The molecule has 26 heavy (non-hydrogen) atoms. The van der Waals surface area contributed by atoms with E-state index in [2.05, 4.69) is 6.07 Å². The summed E-state index contributed by atoms with van der Waals surface area (Å²) < 4.78 is 2.22.